The van der Waals surface area contributed by atoms with Crippen LogP contribution in [0.3, 0.4) is 0 Å². The molecule has 0 aromatic rings. The van der Waals surface area contributed by atoms with Crippen LogP contribution in [0.2, 0.25) is 0 Å². The number of hydrogen-bond donors (Lipinski definition) is 1. The molecule has 0 atom stereocenters. The van der Waals surface area contributed by atoms with E-state index in [1.165, 1.54) is 0 Å². The molecule has 124 valence electrons. The third-order valence-corrected chi connectivity index (χ3v) is 2.19. The molecule has 11 heteroatoms. The topological polar surface area (TPSA) is 77.0 Å². The van der Waals surface area contributed by atoms with Gasteiger partial charge in [-0.05, 0) is 61.4 Å². The molecule has 0 saturated carbocycles. The van der Waals surface area contributed by atoms with Gasteiger partial charge >= 0.3 is 5.20 Å². The van der Waals surface area contributed by atoms with Crippen LogP contribution < -0.4 is 5.48 Å². The van der Waals surface area contributed by atoms with Crippen molar-refractivity contribution in [1.29, 1.82) is 0 Å². The number of nitrogens with one attached hydrogen (secondary N) is 1. The lowest BCUT2D eigenvalue weighted by molar-refractivity contribution is -0.125. The monoisotopic (exact) mass is 400 g/mol. The van der Waals surface area contributed by atoms with Crippen molar-refractivity contribution in [2.75, 3.05) is 0 Å². The Morgan fingerprint density at radius 1 is 1.14 bits per heavy atom. The molecule has 2 heterocycles. The molecule has 0 aliphatic carbocycles. The number of hydroxylamine groups is 1. The Morgan fingerprint density at radius 3 is 1.71 bits per heavy atom. The summed E-state index contributed by atoms with van der Waals surface area (Å²) in [5.41, 5.74) is 1.81. The highest BCUT2D eigenvalue weighted by Gasteiger charge is 2.30. The van der Waals surface area contributed by atoms with Crippen LogP contribution >= 0.6 is 50.5 Å². The molecule has 0 radical (unpaired) electrons. The number of halogens is 4. The molecular weight excluding hydrogens is 385 g/mol. The molecule has 1 fully saturated rings. The third-order valence-electron chi connectivity index (χ3n) is 1.99. The minimum absolute atomic E-state index is 0.0324. The number of hydrogen-bond acceptors (Lipinski definition) is 5. The molecule has 21 heavy (non-hydrogen) atoms. The second-order valence-electron chi connectivity index (χ2n) is 5.46. The lowest BCUT2D eigenvalue weighted by atomic mass is 10.1. The smallest absolute Gasteiger partial charge is 0.339 e. The summed E-state index contributed by atoms with van der Waals surface area (Å²) in [6, 6.07) is 0. The van der Waals surface area contributed by atoms with Crippen LogP contribution in [0.25, 0.3) is 0 Å². The van der Waals surface area contributed by atoms with Gasteiger partial charge in [-0.15, -0.1) is 0 Å². The Bertz CT molecular complexity index is 442. The SMILES string of the molecule is CC1(C)CC(=O)NO1.CC1(C)CC(Cl)=NO1.O=P(Cl)(Cl)Cl. The number of amides is 1. The summed E-state index contributed by atoms with van der Waals surface area (Å²) >= 11 is 19.4. The largest absolute Gasteiger partial charge is 0.388 e. The zero-order valence-corrected chi connectivity index (χ0v) is 15.9. The first-order valence-corrected chi connectivity index (χ1v) is 10.6. The van der Waals surface area contributed by atoms with E-state index >= 15 is 0 Å². The summed E-state index contributed by atoms with van der Waals surface area (Å²) in [5.74, 6) is -0.0324. The van der Waals surface area contributed by atoms with Crippen molar-refractivity contribution in [3.8, 4) is 0 Å². The number of nitrogens with zero attached hydrogens (tertiary/aromatic N) is 1. The van der Waals surface area contributed by atoms with E-state index in [4.69, 9.17) is 21.3 Å². The zero-order valence-electron chi connectivity index (χ0n) is 12.0. The van der Waals surface area contributed by atoms with Gasteiger partial charge < -0.3 is 4.84 Å². The fraction of sp³-hybridized carbons (Fsp3) is 0.800. The van der Waals surface area contributed by atoms with Crippen LogP contribution in [0, 0.1) is 0 Å². The third kappa shape index (κ3) is 13.7. The number of carbonyl (C=O) groups excluding carboxylic acids is 1. The molecule has 2 rings (SSSR count). The van der Waals surface area contributed by atoms with Crippen molar-refractivity contribution < 1.29 is 19.0 Å². The summed E-state index contributed by atoms with van der Waals surface area (Å²) in [5, 5.41) is 0.914. The highest BCUT2D eigenvalue weighted by atomic mass is 36.0. The van der Waals surface area contributed by atoms with Gasteiger partial charge in [0.2, 0.25) is 5.91 Å². The Hall–Kier alpha value is 0.290. The van der Waals surface area contributed by atoms with Crippen LogP contribution in [0.4, 0.5) is 0 Å². The van der Waals surface area contributed by atoms with Crippen LogP contribution in [0.5, 0.6) is 0 Å². The van der Waals surface area contributed by atoms with E-state index in [0.717, 1.165) is 6.42 Å². The Morgan fingerprint density at radius 2 is 1.62 bits per heavy atom. The van der Waals surface area contributed by atoms with Gasteiger partial charge in [0.1, 0.15) is 10.8 Å². The highest BCUT2D eigenvalue weighted by Crippen LogP contribution is 2.61. The number of carbonyl (C=O) groups is 1. The van der Waals surface area contributed by atoms with Gasteiger partial charge in [0, 0.05) is 6.42 Å². The van der Waals surface area contributed by atoms with E-state index in [1.54, 1.807) is 0 Å². The lowest BCUT2D eigenvalue weighted by Gasteiger charge is -2.12. The second kappa shape index (κ2) is 8.23. The first-order chi connectivity index (χ1) is 9.20. The van der Waals surface area contributed by atoms with Crippen molar-refractivity contribution in [3.05, 3.63) is 0 Å². The molecule has 1 N–H and O–H groups in total. The standard InChI is InChI=1S/C5H8ClNO.C5H9NO2.Cl3OP/c1-5(2)3-4(6)7-8-5;1-5(2)3-4(7)6-8-5;1-5(2,3)4/h3H2,1-2H3;3H2,1-2H3,(H,6,7);. The maximum atomic E-state index is 10.4. The van der Waals surface area contributed by atoms with Crippen LogP contribution in [-0.2, 0) is 19.0 Å². The van der Waals surface area contributed by atoms with Crippen molar-refractivity contribution >= 4 is 61.6 Å². The Labute approximate surface area is 143 Å². The van der Waals surface area contributed by atoms with Crippen molar-refractivity contribution in [2.45, 2.75) is 51.7 Å². The average Bonchev–Trinajstić information content (AvgIpc) is 2.67. The van der Waals surface area contributed by atoms with Gasteiger partial charge in [0.15, 0.2) is 0 Å². The predicted molar refractivity (Wildman–Crippen MR) is 86.2 cm³/mol. The van der Waals surface area contributed by atoms with E-state index in [-0.39, 0.29) is 17.1 Å². The van der Waals surface area contributed by atoms with Crippen molar-refractivity contribution in [1.82, 2.24) is 5.48 Å². The molecule has 6 nitrogen and oxygen atoms in total. The van der Waals surface area contributed by atoms with Gasteiger partial charge in [0.05, 0.1) is 12.0 Å². The van der Waals surface area contributed by atoms with Crippen LogP contribution in [0.1, 0.15) is 40.5 Å². The number of rotatable bonds is 0. The van der Waals surface area contributed by atoms with E-state index in [0.29, 0.717) is 11.6 Å². The maximum absolute atomic E-state index is 10.4. The molecule has 2 aliphatic rings. The minimum atomic E-state index is -3.22. The molecule has 1 amide bonds. The Balaban J connectivity index is 0.000000296. The summed E-state index contributed by atoms with van der Waals surface area (Å²) in [6.07, 6.45) is 1.20. The first kappa shape index (κ1) is 21.3. The van der Waals surface area contributed by atoms with E-state index in [9.17, 15) is 9.36 Å². The predicted octanol–water partition coefficient (Wildman–Crippen LogP) is 4.77. The van der Waals surface area contributed by atoms with Crippen molar-refractivity contribution in [3.63, 3.8) is 0 Å². The second-order valence-corrected chi connectivity index (χ2v) is 12.5. The molecular formula is C10H17Cl4N2O4P. The summed E-state index contributed by atoms with van der Waals surface area (Å²) < 4.78 is 9.51. The Kier molecular flexibility index (Phi) is 8.34. The lowest BCUT2D eigenvalue weighted by Crippen LogP contribution is -2.19. The molecule has 0 aromatic carbocycles. The summed E-state index contributed by atoms with van der Waals surface area (Å²) in [6.45, 7) is 7.63. The zero-order chi connectivity index (χ0) is 16.9. The molecule has 0 bridgehead atoms. The van der Waals surface area contributed by atoms with Gasteiger partial charge in [-0.2, -0.15) is 0 Å². The van der Waals surface area contributed by atoms with Crippen molar-refractivity contribution in [2.24, 2.45) is 5.16 Å². The molecule has 2 aliphatic heterocycles. The molecule has 0 unspecified atom stereocenters. The number of oxime groups is 1. The fourth-order valence-corrected chi connectivity index (χ4v) is 1.60. The van der Waals surface area contributed by atoms with Gasteiger partial charge in [0.25, 0.3) is 0 Å². The van der Waals surface area contributed by atoms with E-state index in [1.807, 2.05) is 27.7 Å². The highest BCUT2D eigenvalue weighted by molar-refractivity contribution is 8.24. The first-order valence-electron chi connectivity index (χ1n) is 5.77. The van der Waals surface area contributed by atoms with Crippen LogP contribution in [-0.4, -0.2) is 22.3 Å². The van der Waals surface area contributed by atoms with E-state index < -0.39 is 5.20 Å². The molecule has 0 spiro atoms. The molecule has 0 aromatic heterocycles. The van der Waals surface area contributed by atoms with E-state index in [2.05, 4.69) is 44.4 Å². The fourth-order valence-electron chi connectivity index (χ4n) is 1.24. The van der Waals surface area contributed by atoms with Crippen LogP contribution in [0.15, 0.2) is 5.16 Å². The van der Waals surface area contributed by atoms with Gasteiger partial charge in [-0.3, -0.25) is 14.2 Å². The quantitative estimate of drug-likeness (QED) is 0.593. The average molecular weight is 402 g/mol. The normalized spacial score (nSPS) is 21.9. The molecule has 1 saturated heterocycles. The summed E-state index contributed by atoms with van der Waals surface area (Å²) in [4.78, 5) is 20.2. The maximum Gasteiger partial charge on any atom is 0.339 e. The van der Waals surface area contributed by atoms with Gasteiger partial charge in [-0.1, -0.05) is 16.8 Å². The minimum Gasteiger partial charge on any atom is -0.388 e. The van der Waals surface area contributed by atoms with Gasteiger partial charge in [-0.25, -0.2) is 5.48 Å². The summed E-state index contributed by atoms with van der Waals surface area (Å²) in [7, 11) is 0.